The lowest BCUT2D eigenvalue weighted by atomic mass is 9.95. The van der Waals surface area contributed by atoms with Crippen molar-refractivity contribution in [2.45, 2.75) is 43.7 Å². The molecule has 0 aromatic heterocycles. The zero-order valence-corrected chi connectivity index (χ0v) is 17.6. The second kappa shape index (κ2) is 7.65. The van der Waals surface area contributed by atoms with Gasteiger partial charge in [0.2, 0.25) is 0 Å². The van der Waals surface area contributed by atoms with Crippen LogP contribution in [-0.2, 0) is 10.2 Å². The zero-order valence-electron chi connectivity index (χ0n) is 17.6. The molecule has 0 bridgehead atoms. The molecule has 1 aliphatic heterocycles. The molecule has 4 nitrogen and oxygen atoms in total. The monoisotopic (exact) mass is 418 g/mol. The van der Waals surface area contributed by atoms with Gasteiger partial charge in [0.15, 0.2) is 0 Å². The summed E-state index contributed by atoms with van der Waals surface area (Å²) in [5.41, 5.74) is 1.50. The fourth-order valence-electron chi connectivity index (χ4n) is 5.00. The van der Waals surface area contributed by atoms with Crippen LogP contribution in [0.2, 0.25) is 0 Å². The number of anilines is 1. The molecule has 31 heavy (non-hydrogen) atoms. The zero-order chi connectivity index (χ0) is 21.6. The van der Waals surface area contributed by atoms with E-state index in [9.17, 15) is 14.3 Å². The summed E-state index contributed by atoms with van der Waals surface area (Å²) in [4.78, 5) is 13.9. The van der Waals surface area contributed by atoms with Crippen molar-refractivity contribution in [1.29, 1.82) is 0 Å². The van der Waals surface area contributed by atoms with Crippen LogP contribution < -0.4 is 10.2 Å². The molecule has 160 valence electrons. The van der Waals surface area contributed by atoms with Crippen molar-refractivity contribution < 1.29 is 14.3 Å². The van der Waals surface area contributed by atoms with Gasteiger partial charge in [0.25, 0.3) is 0 Å². The standard InChI is InChI=1S/C26H27FN2O2/c1-17(21-8-4-6-18-5-2-3-7-22(18)21)28-19-11-14-29(16-19)20-9-10-24(27)23(15-20)26(12-13-26)25(30)31/h2-10,15,17,19,28H,11-14,16H2,1H3,(H,30,31)/t17?,19-/m0/s1. The highest BCUT2D eigenvalue weighted by molar-refractivity contribution is 5.86. The van der Waals surface area contributed by atoms with Crippen LogP contribution in [-0.4, -0.2) is 30.2 Å². The van der Waals surface area contributed by atoms with Gasteiger partial charge in [0, 0.05) is 36.4 Å². The third-order valence-corrected chi connectivity index (χ3v) is 6.95. The number of nitrogens with one attached hydrogen (secondary N) is 1. The third-order valence-electron chi connectivity index (χ3n) is 6.95. The first kappa shape index (κ1) is 20.0. The van der Waals surface area contributed by atoms with E-state index in [0.29, 0.717) is 24.4 Å². The van der Waals surface area contributed by atoms with E-state index >= 15 is 0 Å². The van der Waals surface area contributed by atoms with E-state index in [1.807, 2.05) is 0 Å². The van der Waals surface area contributed by atoms with Crippen LogP contribution >= 0.6 is 0 Å². The number of halogens is 1. The molecule has 0 radical (unpaired) electrons. The average Bonchev–Trinajstić information content (AvgIpc) is 3.46. The van der Waals surface area contributed by atoms with E-state index < -0.39 is 17.2 Å². The number of carboxylic acid groups (broad SMARTS) is 1. The summed E-state index contributed by atoms with van der Waals surface area (Å²) in [6.07, 6.45) is 2.01. The number of fused-ring (bicyclic) bond motifs is 1. The number of aliphatic carboxylic acids is 1. The SMILES string of the molecule is CC(N[C@H]1CCN(c2ccc(F)c(C3(C(=O)O)CC3)c2)C1)c1cccc2ccccc12. The number of hydrogen-bond acceptors (Lipinski definition) is 3. The van der Waals surface area contributed by atoms with Crippen LogP contribution in [0, 0.1) is 5.82 Å². The van der Waals surface area contributed by atoms with Gasteiger partial charge in [-0.2, -0.15) is 0 Å². The van der Waals surface area contributed by atoms with E-state index in [2.05, 4.69) is 59.6 Å². The van der Waals surface area contributed by atoms with Crippen molar-refractivity contribution in [3.05, 3.63) is 77.6 Å². The molecular weight excluding hydrogens is 391 g/mol. The average molecular weight is 419 g/mol. The minimum absolute atomic E-state index is 0.210. The van der Waals surface area contributed by atoms with Crippen LogP contribution in [0.1, 0.15) is 43.4 Å². The van der Waals surface area contributed by atoms with Gasteiger partial charge in [-0.1, -0.05) is 42.5 Å². The Hall–Kier alpha value is -2.92. The molecule has 0 spiro atoms. The fourth-order valence-corrected chi connectivity index (χ4v) is 5.00. The largest absolute Gasteiger partial charge is 0.481 e. The molecule has 1 saturated carbocycles. The first-order valence-corrected chi connectivity index (χ1v) is 11.0. The van der Waals surface area contributed by atoms with E-state index in [0.717, 1.165) is 25.2 Å². The smallest absolute Gasteiger partial charge is 0.314 e. The number of nitrogens with zero attached hydrogens (tertiary/aromatic N) is 1. The summed E-state index contributed by atoms with van der Waals surface area (Å²) < 4.78 is 14.4. The van der Waals surface area contributed by atoms with E-state index in [4.69, 9.17) is 0 Å². The van der Waals surface area contributed by atoms with Gasteiger partial charge in [-0.15, -0.1) is 0 Å². The quantitative estimate of drug-likeness (QED) is 0.590. The maximum atomic E-state index is 14.4. The minimum atomic E-state index is -1.03. The summed E-state index contributed by atoms with van der Waals surface area (Å²) in [5.74, 6) is -1.34. The number of carbonyl (C=O) groups is 1. The number of hydrogen-bond donors (Lipinski definition) is 2. The highest BCUT2D eigenvalue weighted by Gasteiger charge is 2.53. The Morgan fingerprint density at radius 3 is 2.71 bits per heavy atom. The molecule has 2 fully saturated rings. The Morgan fingerprint density at radius 2 is 1.94 bits per heavy atom. The molecule has 5 heteroatoms. The second-order valence-electron chi connectivity index (χ2n) is 8.94. The Morgan fingerprint density at radius 1 is 1.16 bits per heavy atom. The molecule has 1 unspecified atom stereocenters. The van der Waals surface area contributed by atoms with Crippen LogP contribution in [0.3, 0.4) is 0 Å². The lowest BCUT2D eigenvalue weighted by Gasteiger charge is -2.24. The Bertz CT molecular complexity index is 1140. The predicted octanol–water partition coefficient (Wildman–Crippen LogP) is 5.02. The van der Waals surface area contributed by atoms with E-state index in [-0.39, 0.29) is 6.04 Å². The lowest BCUT2D eigenvalue weighted by molar-refractivity contribution is -0.140. The molecule has 1 aliphatic carbocycles. The first-order chi connectivity index (χ1) is 15.0. The summed E-state index contributed by atoms with van der Waals surface area (Å²) in [6, 6.07) is 20.3. The molecule has 3 aromatic rings. The van der Waals surface area contributed by atoms with Gasteiger partial charge < -0.3 is 15.3 Å². The van der Waals surface area contributed by atoms with Gasteiger partial charge in [0.1, 0.15) is 5.82 Å². The van der Waals surface area contributed by atoms with Crippen molar-refractivity contribution in [2.24, 2.45) is 0 Å². The fraction of sp³-hybridized carbons (Fsp3) is 0.346. The van der Waals surface area contributed by atoms with Crippen molar-refractivity contribution in [1.82, 2.24) is 5.32 Å². The molecular formula is C26H27FN2O2. The molecule has 0 amide bonds. The van der Waals surface area contributed by atoms with Gasteiger partial charge in [-0.25, -0.2) is 4.39 Å². The second-order valence-corrected chi connectivity index (χ2v) is 8.94. The molecule has 1 heterocycles. The van der Waals surface area contributed by atoms with Crippen molar-refractivity contribution in [2.75, 3.05) is 18.0 Å². The van der Waals surface area contributed by atoms with Crippen LogP contribution in [0.5, 0.6) is 0 Å². The lowest BCUT2D eigenvalue weighted by Crippen LogP contribution is -2.34. The molecule has 1 saturated heterocycles. The van der Waals surface area contributed by atoms with Gasteiger partial charge in [-0.05, 0) is 60.7 Å². The van der Waals surface area contributed by atoms with Crippen molar-refractivity contribution in [3.8, 4) is 0 Å². The van der Waals surface area contributed by atoms with Crippen molar-refractivity contribution >= 4 is 22.4 Å². The van der Waals surface area contributed by atoms with Crippen LogP contribution in [0.25, 0.3) is 10.8 Å². The molecule has 5 rings (SSSR count). The summed E-state index contributed by atoms with van der Waals surface area (Å²) in [6.45, 7) is 3.88. The maximum absolute atomic E-state index is 14.4. The Labute approximate surface area is 181 Å². The highest BCUT2D eigenvalue weighted by Crippen LogP contribution is 2.50. The van der Waals surface area contributed by atoms with Gasteiger partial charge >= 0.3 is 5.97 Å². The molecule has 3 aromatic carbocycles. The summed E-state index contributed by atoms with van der Waals surface area (Å²) in [5, 5.41) is 15.8. The van der Waals surface area contributed by atoms with Gasteiger partial charge in [0.05, 0.1) is 5.41 Å². The van der Waals surface area contributed by atoms with Crippen molar-refractivity contribution in [3.63, 3.8) is 0 Å². The summed E-state index contributed by atoms with van der Waals surface area (Å²) in [7, 11) is 0. The van der Waals surface area contributed by atoms with Crippen LogP contribution in [0.4, 0.5) is 10.1 Å². The summed E-state index contributed by atoms with van der Waals surface area (Å²) >= 11 is 0. The number of benzene rings is 3. The van der Waals surface area contributed by atoms with E-state index in [1.165, 1.54) is 22.4 Å². The number of rotatable bonds is 6. The van der Waals surface area contributed by atoms with Gasteiger partial charge in [-0.3, -0.25) is 4.79 Å². The molecule has 2 N–H and O–H groups in total. The first-order valence-electron chi connectivity index (χ1n) is 11.0. The maximum Gasteiger partial charge on any atom is 0.314 e. The topological polar surface area (TPSA) is 52.6 Å². The van der Waals surface area contributed by atoms with Crippen LogP contribution in [0.15, 0.2) is 60.7 Å². The molecule has 2 atom stereocenters. The molecule has 2 aliphatic rings. The highest BCUT2D eigenvalue weighted by atomic mass is 19.1. The Kier molecular flexibility index (Phi) is 4.94. The normalized spacial score (nSPS) is 20.7. The van der Waals surface area contributed by atoms with E-state index in [1.54, 1.807) is 12.1 Å². The number of carboxylic acids is 1. The third kappa shape index (κ3) is 3.57. The minimum Gasteiger partial charge on any atom is -0.481 e. The Balaban J connectivity index is 1.31. The predicted molar refractivity (Wildman–Crippen MR) is 121 cm³/mol.